The third-order valence-electron chi connectivity index (χ3n) is 14.5. The van der Waals surface area contributed by atoms with Gasteiger partial charge in [-0.3, -0.25) is 0 Å². The SMILES string of the molecule is c1ccc(C2(c3ccccc3)c3ccccc3-c3c(N(c4ccc(-c5cccc(-n6c7ccccc7c7ccccc76)c5)cc4)c4cccc5c4sc4c6ccccc6ccc54)cccc32)cc1. The highest BCUT2D eigenvalue weighted by Crippen LogP contribution is 2.60. The van der Waals surface area contributed by atoms with Gasteiger partial charge in [0.25, 0.3) is 0 Å². The van der Waals surface area contributed by atoms with Crippen molar-refractivity contribution >= 4 is 81.1 Å². The normalized spacial score (nSPS) is 12.8. The van der Waals surface area contributed by atoms with Gasteiger partial charge in [0.2, 0.25) is 0 Å². The van der Waals surface area contributed by atoms with Gasteiger partial charge in [-0.2, -0.15) is 0 Å². The van der Waals surface area contributed by atoms with Crippen molar-refractivity contribution in [3.8, 4) is 27.9 Å². The zero-order valence-corrected chi connectivity index (χ0v) is 37.9. The molecule has 2 nitrogen and oxygen atoms in total. The maximum Gasteiger partial charge on any atom is 0.0714 e. The Morgan fingerprint density at radius 3 is 1.69 bits per heavy atom. The Labute approximate surface area is 398 Å². The van der Waals surface area contributed by atoms with Crippen molar-refractivity contribution in [2.75, 3.05) is 4.90 Å². The standard InChI is InChI=1S/C65H42N2S/c1-3-20-46(21-4-1)65(47-22-5-2-6-23-47)56-30-12-9-28-55(56)62-57(65)31-17-34-60(62)66(61-35-16-29-53-54-41-38-44-18-7-8-25-50(44)63(54)68-64(53)61)48-39-36-43(37-40-48)45-19-15-24-49(42-45)67-58-32-13-10-26-51(58)52-27-11-14-33-59(52)67/h1-42H. The van der Waals surface area contributed by atoms with Gasteiger partial charge in [0.1, 0.15) is 0 Å². The van der Waals surface area contributed by atoms with Crippen LogP contribution in [0.25, 0.3) is 80.7 Å². The maximum absolute atomic E-state index is 2.54. The van der Waals surface area contributed by atoms with E-state index in [1.807, 2.05) is 11.3 Å². The molecule has 1 aliphatic rings. The number of thiophene rings is 1. The van der Waals surface area contributed by atoms with Crippen LogP contribution in [0.2, 0.25) is 0 Å². The summed E-state index contributed by atoms with van der Waals surface area (Å²) in [5.74, 6) is 0. The van der Waals surface area contributed by atoms with E-state index in [2.05, 4.69) is 264 Å². The first-order valence-corrected chi connectivity index (χ1v) is 24.2. The van der Waals surface area contributed by atoms with E-state index in [9.17, 15) is 0 Å². The molecule has 0 amide bonds. The quantitative estimate of drug-likeness (QED) is 0.155. The second-order valence-electron chi connectivity index (χ2n) is 17.9. The Bertz CT molecular complexity index is 3990. The van der Waals surface area contributed by atoms with E-state index in [1.54, 1.807) is 0 Å². The molecule has 3 heteroatoms. The average molecular weight is 883 g/mol. The third-order valence-corrected chi connectivity index (χ3v) is 15.7. The van der Waals surface area contributed by atoms with Gasteiger partial charge in [-0.15, -0.1) is 11.3 Å². The molecule has 0 atom stereocenters. The van der Waals surface area contributed by atoms with E-state index in [4.69, 9.17) is 0 Å². The minimum absolute atomic E-state index is 0.524. The fraction of sp³-hybridized carbons (Fsp3) is 0.0154. The van der Waals surface area contributed by atoms with E-state index in [1.165, 1.54) is 97.3 Å². The Kier molecular flexibility index (Phi) is 8.71. The summed E-state index contributed by atoms with van der Waals surface area (Å²) in [5.41, 5.74) is 16.4. The molecule has 0 saturated heterocycles. The summed E-state index contributed by atoms with van der Waals surface area (Å²) in [4.78, 5) is 2.54. The zero-order chi connectivity index (χ0) is 44.8. The minimum atomic E-state index is -0.524. The molecule has 0 radical (unpaired) electrons. The molecular weight excluding hydrogens is 841 g/mol. The lowest BCUT2D eigenvalue weighted by molar-refractivity contribution is 0.768. The smallest absolute Gasteiger partial charge is 0.0714 e. The molecule has 68 heavy (non-hydrogen) atoms. The molecule has 0 N–H and O–H groups in total. The van der Waals surface area contributed by atoms with Crippen LogP contribution >= 0.6 is 11.3 Å². The lowest BCUT2D eigenvalue weighted by Crippen LogP contribution is -2.28. The van der Waals surface area contributed by atoms with Crippen molar-refractivity contribution in [3.63, 3.8) is 0 Å². The lowest BCUT2D eigenvalue weighted by Gasteiger charge is -2.34. The van der Waals surface area contributed by atoms with Gasteiger partial charge in [-0.05, 0) is 98.2 Å². The van der Waals surface area contributed by atoms with Crippen molar-refractivity contribution in [2.45, 2.75) is 5.41 Å². The molecule has 13 aromatic rings. The van der Waals surface area contributed by atoms with Gasteiger partial charge < -0.3 is 9.47 Å². The lowest BCUT2D eigenvalue weighted by atomic mass is 9.68. The van der Waals surface area contributed by atoms with Crippen LogP contribution in [0.3, 0.4) is 0 Å². The van der Waals surface area contributed by atoms with Crippen molar-refractivity contribution in [2.24, 2.45) is 0 Å². The van der Waals surface area contributed by atoms with E-state index in [0.29, 0.717) is 0 Å². The molecule has 0 saturated carbocycles. The number of para-hydroxylation sites is 2. The summed E-state index contributed by atoms with van der Waals surface area (Å²) >= 11 is 1.91. The second-order valence-corrected chi connectivity index (χ2v) is 19.0. The molecule has 318 valence electrons. The van der Waals surface area contributed by atoms with Crippen molar-refractivity contribution in [3.05, 3.63) is 277 Å². The van der Waals surface area contributed by atoms with E-state index in [0.717, 1.165) is 22.7 Å². The van der Waals surface area contributed by atoms with Gasteiger partial charge in [-0.25, -0.2) is 0 Å². The van der Waals surface area contributed by atoms with Crippen LogP contribution in [0.4, 0.5) is 17.1 Å². The number of fused-ring (bicyclic) bond motifs is 11. The van der Waals surface area contributed by atoms with Crippen LogP contribution in [-0.4, -0.2) is 4.57 Å². The maximum atomic E-state index is 2.54. The highest BCUT2D eigenvalue weighted by Gasteiger charge is 2.47. The Morgan fingerprint density at radius 2 is 0.941 bits per heavy atom. The fourth-order valence-corrected chi connectivity index (χ4v) is 12.9. The third kappa shape index (κ3) is 5.63. The number of hydrogen-bond donors (Lipinski definition) is 0. The van der Waals surface area contributed by atoms with Crippen LogP contribution in [0.5, 0.6) is 0 Å². The van der Waals surface area contributed by atoms with Crippen LogP contribution in [0.1, 0.15) is 22.3 Å². The molecule has 0 aliphatic heterocycles. The number of rotatable bonds is 7. The summed E-state index contributed by atoms with van der Waals surface area (Å²) < 4.78 is 4.99. The van der Waals surface area contributed by atoms with Crippen LogP contribution in [0.15, 0.2) is 255 Å². The summed E-state index contributed by atoms with van der Waals surface area (Å²) in [7, 11) is 0. The van der Waals surface area contributed by atoms with Crippen LogP contribution in [0, 0.1) is 0 Å². The van der Waals surface area contributed by atoms with Gasteiger partial charge in [0, 0.05) is 43.2 Å². The van der Waals surface area contributed by atoms with Crippen LogP contribution < -0.4 is 4.90 Å². The predicted molar refractivity (Wildman–Crippen MR) is 289 cm³/mol. The molecule has 0 unspecified atom stereocenters. The van der Waals surface area contributed by atoms with Gasteiger partial charge >= 0.3 is 0 Å². The molecule has 0 fully saturated rings. The number of benzene rings is 11. The first kappa shape index (κ1) is 38.7. The number of nitrogens with zero attached hydrogens (tertiary/aromatic N) is 2. The molecule has 2 heterocycles. The van der Waals surface area contributed by atoms with Crippen LogP contribution in [-0.2, 0) is 5.41 Å². The largest absolute Gasteiger partial charge is 0.309 e. The number of hydrogen-bond acceptors (Lipinski definition) is 2. The Hall–Kier alpha value is -8.50. The first-order valence-electron chi connectivity index (χ1n) is 23.4. The second kappa shape index (κ2) is 15.3. The van der Waals surface area contributed by atoms with Gasteiger partial charge in [0.15, 0.2) is 0 Å². The van der Waals surface area contributed by atoms with Crippen molar-refractivity contribution < 1.29 is 0 Å². The fourth-order valence-electron chi connectivity index (χ4n) is 11.6. The summed E-state index contributed by atoms with van der Waals surface area (Å²) in [6, 6.07) is 94.3. The zero-order valence-electron chi connectivity index (χ0n) is 37.1. The van der Waals surface area contributed by atoms with E-state index < -0.39 is 5.41 Å². The number of anilines is 3. The molecule has 0 bridgehead atoms. The van der Waals surface area contributed by atoms with Crippen molar-refractivity contribution in [1.82, 2.24) is 4.57 Å². The molecular formula is C65H42N2S. The molecule has 11 aromatic carbocycles. The highest BCUT2D eigenvalue weighted by atomic mass is 32.1. The molecule has 14 rings (SSSR count). The molecule has 0 spiro atoms. The van der Waals surface area contributed by atoms with E-state index in [-0.39, 0.29) is 0 Å². The summed E-state index contributed by atoms with van der Waals surface area (Å²) in [6.45, 7) is 0. The van der Waals surface area contributed by atoms with Gasteiger partial charge in [0.05, 0.1) is 32.5 Å². The summed E-state index contributed by atoms with van der Waals surface area (Å²) in [6.07, 6.45) is 0. The monoisotopic (exact) mass is 882 g/mol. The topological polar surface area (TPSA) is 8.17 Å². The summed E-state index contributed by atoms with van der Waals surface area (Å²) in [5, 5.41) is 7.64. The predicted octanol–water partition coefficient (Wildman–Crippen LogP) is 17.8. The minimum Gasteiger partial charge on any atom is -0.309 e. The van der Waals surface area contributed by atoms with E-state index >= 15 is 0 Å². The number of aromatic nitrogens is 1. The average Bonchev–Trinajstić information content (AvgIpc) is 4.07. The Morgan fingerprint density at radius 1 is 0.368 bits per heavy atom. The molecule has 1 aliphatic carbocycles. The molecule has 2 aromatic heterocycles. The Balaban J connectivity index is 0.997. The van der Waals surface area contributed by atoms with Crippen molar-refractivity contribution in [1.29, 1.82) is 0 Å². The van der Waals surface area contributed by atoms with Gasteiger partial charge in [-0.1, -0.05) is 206 Å². The first-order chi connectivity index (χ1) is 33.8. The highest BCUT2D eigenvalue weighted by molar-refractivity contribution is 7.27.